The number of halogens is 3. The molecule has 30 heavy (non-hydrogen) atoms. The summed E-state index contributed by atoms with van der Waals surface area (Å²) in [6.45, 7) is 3.88. The van der Waals surface area contributed by atoms with Crippen molar-refractivity contribution in [3.63, 3.8) is 0 Å². The number of rotatable bonds is 10. The predicted molar refractivity (Wildman–Crippen MR) is 107 cm³/mol. The zero-order valence-corrected chi connectivity index (χ0v) is 16.8. The van der Waals surface area contributed by atoms with E-state index in [0.29, 0.717) is 30.7 Å². The third-order valence-corrected chi connectivity index (χ3v) is 4.39. The van der Waals surface area contributed by atoms with E-state index in [1.54, 1.807) is 31.2 Å². The Morgan fingerprint density at radius 1 is 1.07 bits per heavy atom. The van der Waals surface area contributed by atoms with Crippen LogP contribution in [0.15, 0.2) is 53.7 Å². The third-order valence-electron chi connectivity index (χ3n) is 4.39. The van der Waals surface area contributed by atoms with E-state index in [0.717, 1.165) is 23.3 Å². The molecule has 0 bridgehead atoms. The molecular formula is C22H24F3NO4. The quantitative estimate of drug-likeness (QED) is 0.319. The van der Waals surface area contributed by atoms with E-state index in [-0.39, 0.29) is 6.61 Å². The van der Waals surface area contributed by atoms with Crippen LogP contribution in [0.25, 0.3) is 0 Å². The number of alkyl halides is 3. The lowest BCUT2D eigenvalue weighted by Gasteiger charge is -2.13. The van der Waals surface area contributed by atoms with Gasteiger partial charge < -0.3 is 14.7 Å². The number of hydrogen-bond donors (Lipinski definition) is 1. The van der Waals surface area contributed by atoms with Crippen molar-refractivity contribution in [2.75, 3.05) is 6.61 Å². The van der Waals surface area contributed by atoms with E-state index < -0.39 is 23.8 Å². The van der Waals surface area contributed by atoms with E-state index in [1.165, 1.54) is 12.1 Å². The molecule has 0 aliphatic heterocycles. The normalized spacial score (nSPS) is 13.0. The van der Waals surface area contributed by atoms with Crippen molar-refractivity contribution >= 4 is 11.7 Å². The molecule has 8 heteroatoms. The summed E-state index contributed by atoms with van der Waals surface area (Å²) in [4.78, 5) is 16.4. The van der Waals surface area contributed by atoms with Crippen LogP contribution in [0, 0.1) is 0 Å². The minimum atomic E-state index is -4.35. The van der Waals surface area contributed by atoms with E-state index in [2.05, 4.69) is 5.16 Å². The van der Waals surface area contributed by atoms with E-state index in [4.69, 9.17) is 14.7 Å². The number of hydrogen-bond acceptors (Lipinski definition) is 4. The number of nitrogens with zero attached hydrogens (tertiary/aromatic N) is 1. The molecule has 1 N–H and O–H groups in total. The summed E-state index contributed by atoms with van der Waals surface area (Å²) in [5.74, 6) is -0.564. The van der Waals surface area contributed by atoms with Gasteiger partial charge in [-0.1, -0.05) is 31.1 Å². The molecule has 0 radical (unpaired) electrons. The Morgan fingerprint density at radius 3 is 2.20 bits per heavy atom. The standard InChI is InChI=1S/C22H24F3NO4/c1-3-19(16-7-11-18(12-8-16)30-20(4-2)21(27)28)26-29-14-13-15-5-9-17(10-6-15)22(23,24)25/h5-12,20H,3-4,13-14H2,1-2H3,(H,27,28)/b26-19+. The number of aliphatic carboxylic acids is 1. The Kier molecular flexibility index (Phi) is 8.26. The minimum absolute atomic E-state index is 0.229. The van der Waals surface area contributed by atoms with E-state index in [9.17, 15) is 18.0 Å². The third kappa shape index (κ3) is 6.79. The van der Waals surface area contributed by atoms with Crippen molar-refractivity contribution in [1.29, 1.82) is 0 Å². The lowest BCUT2D eigenvalue weighted by Crippen LogP contribution is -2.25. The van der Waals surface area contributed by atoms with Crippen molar-refractivity contribution in [2.45, 2.75) is 45.4 Å². The van der Waals surface area contributed by atoms with Gasteiger partial charge in [-0.3, -0.25) is 0 Å². The fourth-order valence-corrected chi connectivity index (χ4v) is 2.67. The van der Waals surface area contributed by atoms with Crippen LogP contribution in [0.3, 0.4) is 0 Å². The highest BCUT2D eigenvalue weighted by Crippen LogP contribution is 2.29. The molecule has 0 heterocycles. The van der Waals surface area contributed by atoms with Gasteiger partial charge in [-0.15, -0.1) is 0 Å². The van der Waals surface area contributed by atoms with Gasteiger partial charge in [-0.05, 0) is 60.4 Å². The van der Waals surface area contributed by atoms with Crippen LogP contribution >= 0.6 is 0 Å². The molecule has 1 unspecified atom stereocenters. The van der Waals surface area contributed by atoms with Crippen LogP contribution in [-0.2, 0) is 22.2 Å². The smallest absolute Gasteiger partial charge is 0.416 e. The fourth-order valence-electron chi connectivity index (χ4n) is 2.67. The Morgan fingerprint density at radius 2 is 1.70 bits per heavy atom. The molecule has 0 saturated heterocycles. The van der Waals surface area contributed by atoms with Gasteiger partial charge in [-0.2, -0.15) is 13.2 Å². The first kappa shape index (κ1) is 23.3. The van der Waals surface area contributed by atoms with Gasteiger partial charge in [0.1, 0.15) is 12.4 Å². The summed E-state index contributed by atoms with van der Waals surface area (Å²) < 4.78 is 43.2. The second kappa shape index (κ2) is 10.7. The number of carboxylic acid groups (broad SMARTS) is 1. The Hall–Kier alpha value is -3.03. The molecule has 0 aliphatic rings. The molecule has 2 rings (SSSR count). The Balaban J connectivity index is 1.91. The van der Waals surface area contributed by atoms with Gasteiger partial charge in [0.05, 0.1) is 11.3 Å². The maximum Gasteiger partial charge on any atom is 0.416 e. The lowest BCUT2D eigenvalue weighted by molar-refractivity contribution is -0.145. The van der Waals surface area contributed by atoms with Crippen molar-refractivity contribution in [1.82, 2.24) is 0 Å². The molecule has 162 valence electrons. The molecule has 0 aliphatic carbocycles. The number of oxime groups is 1. The average molecular weight is 423 g/mol. The minimum Gasteiger partial charge on any atom is -0.479 e. The highest BCUT2D eigenvalue weighted by molar-refractivity contribution is 6.00. The molecule has 0 fully saturated rings. The lowest BCUT2D eigenvalue weighted by atomic mass is 10.1. The molecular weight excluding hydrogens is 399 g/mol. The molecule has 5 nitrogen and oxygen atoms in total. The largest absolute Gasteiger partial charge is 0.479 e. The molecule has 2 aromatic rings. The first-order valence-corrected chi connectivity index (χ1v) is 9.59. The van der Waals surface area contributed by atoms with E-state index >= 15 is 0 Å². The van der Waals surface area contributed by atoms with Crippen LogP contribution in [-0.4, -0.2) is 29.5 Å². The van der Waals surface area contributed by atoms with Gasteiger partial charge in [-0.25, -0.2) is 4.79 Å². The van der Waals surface area contributed by atoms with Crippen molar-refractivity contribution in [2.24, 2.45) is 5.16 Å². The van der Waals surface area contributed by atoms with Gasteiger partial charge in [0.15, 0.2) is 6.10 Å². The second-order valence-corrected chi connectivity index (χ2v) is 6.55. The Bertz CT molecular complexity index is 846. The number of carboxylic acids is 1. The maximum atomic E-state index is 12.6. The highest BCUT2D eigenvalue weighted by atomic mass is 19.4. The SMILES string of the molecule is CC/C(=N\OCCc1ccc(C(F)(F)F)cc1)c1ccc(OC(CC)C(=O)O)cc1. The van der Waals surface area contributed by atoms with E-state index in [1.807, 2.05) is 6.92 Å². The first-order valence-electron chi connectivity index (χ1n) is 9.59. The molecule has 0 amide bonds. The van der Waals surface area contributed by atoms with Gasteiger partial charge >= 0.3 is 12.1 Å². The zero-order valence-electron chi connectivity index (χ0n) is 16.8. The van der Waals surface area contributed by atoms with Crippen LogP contribution in [0.5, 0.6) is 5.75 Å². The van der Waals surface area contributed by atoms with Crippen molar-refractivity contribution in [3.8, 4) is 5.75 Å². The van der Waals surface area contributed by atoms with Gasteiger partial charge in [0.25, 0.3) is 0 Å². The number of carbonyl (C=O) groups is 1. The average Bonchev–Trinajstić information content (AvgIpc) is 2.72. The van der Waals surface area contributed by atoms with Crippen LogP contribution in [0.2, 0.25) is 0 Å². The molecule has 0 aromatic heterocycles. The predicted octanol–water partition coefficient (Wildman–Crippen LogP) is 5.32. The van der Waals surface area contributed by atoms with Gasteiger partial charge in [0.2, 0.25) is 0 Å². The summed E-state index contributed by atoms with van der Waals surface area (Å²) in [6, 6.07) is 11.8. The summed E-state index contributed by atoms with van der Waals surface area (Å²) in [7, 11) is 0. The second-order valence-electron chi connectivity index (χ2n) is 6.55. The molecule has 0 spiro atoms. The molecule has 0 saturated carbocycles. The molecule has 2 aromatic carbocycles. The fraction of sp³-hybridized carbons (Fsp3) is 0.364. The summed E-state index contributed by atoms with van der Waals surface area (Å²) in [5, 5.41) is 13.2. The summed E-state index contributed by atoms with van der Waals surface area (Å²) >= 11 is 0. The monoisotopic (exact) mass is 423 g/mol. The topological polar surface area (TPSA) is 68.1 Å². The van der Waals surface area contributed by atoms with Crippen LogP contribution in [0.4, 0.5) is 13.2 Å². The number of benzene rings is 2. The summed E-state index contributed by atoms with van der Waals surface area (Å²) in [6.07, 6.45) is -3.86. The zero-order chi connectivity index (χ0) is 22.1. The van der Waals surface area contributed by atoms with Crippen molar-refractivity contribution in [3.05, 3.63) is 65.2 Å². The molecule has 1 atom stereocenters. The maximum absolute atomic E-state index is 12.6. The number of ether oxygens (including phenoxy) is 1. The van der Waals surface area contributed by atoms with Crippen molar-refractivity contribution < 1.29 is 32.6 Å². The van der Waals surface area contributed by atoms with Crippen LogP contribution < -0.4 is 4.74 Å². The van der Waals surface area contributed by atoms with Crippen LogP contribution in [0.1, 0.15) is 43.4 Å². The first-order chi connectivity index (χ1) is 14.2. The highest BCUT2D eigenvalue weighted by Gasteiger charge is 2.29. The Labute approximate surface area is 173 Å². The summed E-state index contributed by atoms with van der Waals surface area (Å²) in [5.41, 5.74) is 1.54. The van der Waals surface area contributed by atoms with Gasteiger partial charge in [0, 0.05) is 6.42 Å².